The quantitative estimate of drug-likeness (QED) is 0.829. The first-order valence-corrected chi connectivity index (χ1v) is 8.14. The fourth-order valence-electron chi connectivity index (χ4n) is 4.09. The van der Waals surface area contributed by atoms with E-state index in [2.05, 4.69) is 37.9 Å². The molecule has 1 saturated carbocycles. The molecular weight excluding hydrogens is 220 g/mol. The van der Waals surface area contributed by atoms with Gasteiger partial charge in [-0.2, -0.15) is 0 Å². The molecule has 2 heteroatoms. The SMILES string of the molecule is CCC1CN(C2CCC(C)CC2C)C(CC)CN1. The summed E-state index contributed by atoms with van der Waals surface area (Å²) in [6, 6.07) is 2.34. The van der Waals surface area contributed by atoms with E-state index in [1.807, 2.05) is 0 Å². The Kier molecular flexibility index (Phi) is 5.08. The molecule has 0 aromatic rings. The van der Waals surface area contributed by atoms with E-state index in [4.69, 9.17) is 0 Å². The molecule has 0 radical (unpaired) electrons. The van der Waals surface area contributed by atoms with E-state index in [0.717, 1.165) is 30.0 Å². The highest BCUT2D eigenvalue weighted by molar-refractivity contribution is 4.92. The first-order valence-electron chi connectivity index (χ1n) is 8.14. The highest BCUT2D eigenvalue weighted by Gasteiger charge is 2.36. The fourth-order valence-corrected chi connectivity index (χ4v) is 4.09. The van der Waals surface area contributed by atoms with E-state index in [1.54, 1.807) is 0 Å². The molecule has 0 amide bonds. The van der Waals surface area contributed by atoms with Gasteiger partial charge in [-0.15, -0.1) is 0 Å². The summed E-state index contributed by atoms with van der Waals surface area (Å²) in [6.07, 6.45) is 6.86. The van der Waals surface area contributed by atoms with Crippen molar-refractivity contribution in [3.05, 3.63) is 0 Å². The smallest absolute Gasteiger partial charge is 0.0221 e. The lowest BCUT2D eigenvalue weighted by molar-refractivity contribution is 0.0237. The number of piperazine rings is 1. The summed E-state index contributed by atoms with van der Waals surface area (Å²) in [5, 5.41) is 3.72. The molecule has 0 spiro atoms. The molecule has 5 atom stereocenters. The maximum Gasteiger partial charge on any atom is 0.0221 e. The van der Waals surface area contributed by atoms with Crippen molar-refractivity contribution in [2.75, 3.05) is 13.1 Å². The van der Waals surface area contributed by atoms with Gasteiger partial charge in [0.15, 0.2) is 0 Å². The molecule has 0 aromatic heterocycles. The van der Waals surface area contributed by atoms with Crippen LogP contribution in [0.3, 0.4) is 0 Å². The van der Waals surface area contributed by atoms with Crippen LogP contribution in [0.25, 0.3) is 0 Å². The van der Waals surface area contributed by atoms with E-state index < -0.39 is 0 Å². The molecule has 18 heavy (non-hydrogen) atoms. The fraction of sp³-hybridized carbons (Fsp3) is 1.00. The summed E-state index contributed by atoms with van der Waals surface area (Å²) in [4.78, 5) is 2.86. The number of hydrogen-bond donors (Lipinski definition) is 1. The molecule has 1 aliphatic carbocycles. The largest absolute Gasteiger partial charge is 0.311 e. The van der Waals surface area contributed by atoms with Gasteiger partial charge in [0.1, 0.15) is 0 Å². The topological polar surface area (TPSA) is 15.3 Å². The molecule has 106 valence electrons. The Hall–Kier alpha value is -0.0800. The van der Waals surface area contributed by atoms with Crippen molar-refractivity contribution >= 4 is 0 Å². The number of nitrogens with one attached hydrogen (secondary N) is 1. The summed E-state index contributed by atoms with van der Waals surface area (Å²) in [5.41, 5.74) is 0. The number of nitrogens with zero attached hydrogens (tertiary/aromatic N) is 1. The molecule has 2 rings (SSSR count). The van der Waals surface area contributed by atoms with Crippen LogP contribution in [-0.4, -0.2) is 36.1 Å². The molecule has 2 nitrogen and oxygen atoms in total. The van der Waals surface area contributed by atoms with Gasteiger partial charge in [-0.05, 0) is 43.9 Å². The van der Waals surface area contributed by atoms with Crippen LogP contribution in [0.1, 0.15) is 59.8 Å². The van der Waals surface area contributed by atoms with Crippen LogP contribution in [0.15, 0.2) is 0 Å². The number of hydrogen-bond acceptors (Lipinski definition) is 2. The minimum atomic E-state index is 0.722. The predicted molar refractivity (Wildman–Crippen MR) is 78.8 cm³/mol. The van der Waals surface area contributed by atoms with Crippen LogP contribution in [0.4, 0.5) is 0 Å². The van der Waals surface area contributed by atoms with E-state index >= 15 is 0 Å². The highest BCUT2D eigenvalue weighted by Crippen LogP contribution is 2.34. The molecule has 2 fully saturated rings. The lowest BCUT2D eigenvalue weighted by Crippen LogP contribution is -2.60. The first-order chi connectivity index (χ1) is 8.65. The molecule has 2 aliphatic rings. The zero-order chi connectivity index (χ0) is 13.1. The van der Waals surface area contributed by atoms with Crippen molar-refractivity contribution < 1.29 is 0 Å². The van der Waals surface area contributed by atoms with Crippen LogP contribution in [0.2, 0.25) is 0 Å². The van der Waals surface area contributed by atoms with E-state index in [0.29, 0.717) is 0 Å². The van der Waals surface area contributed by atoms with Gasteiger partial charge in [0.2, 0.25) is 0 Å². The normalized spacial score (nSPS) is 43.0. The first kappa shape index (κ1) is 14.3. The lowest BCUT2D eigenvalue weighted by Gasteiger charge is -2.48. The summed E-state index contributed by atoms with van der Waals surface area (Å²) in [6.45, 7) is 12.1. The van der Waals surface area contributed by atoms with Gasteiger partial charge in [-0.1, -0.05) is 27.7 Å². The lowest BCUT2D eigenvalue weighted by atomic mass is 9.78. The van der Waals surface area contributed by atoms with Gasteiger partial charge in [-0.25, -0.2) is 0 Å². The summed E-state index contributed by atoms with van der Waals surface area (Å²) in [5.74, 6) is 1.83. The van der Waals surface area contributed by atoms with Crippen LogP contribution < -0.4 is 5.32 Å². The summed E-state index contributed by atoms with van der Waals surface area (Å²) >= 11 is 0. The minimum absolute atomic E-state index is 0.722. The average molecular weight is 252 g/mol. The van der Waals surface area contributed by atoms with Gasteiger partial charge in [0.05, 0.1) is 0 Å². The molecule has 1 heterocycles. The Labute approximate surface area is 114 Å². The molecule has 1 aliphatic heterocycles. The summed E-state index contributed by atoms with van der Waals surface area (Å²) < 4.78 is 0. The zero-order valence-corrected chi connectivity index (χ0v) is 12.8. The van der Waals surface area contributed by atoms with E-state index in [1.165, 1.54) is 45.2 Å². The molecule has 0 bridgehead atoms. The second kappa shape index (κ2) is 6.38. The zero-order valence-electron chi connectivity index (χ0n) is 12.8. The minimum Gasteiger partial charge on any atom is -0.311 e. The molecule has 1 saturated heterocycles. The van der Waals surface area contributed by atoms with Crippen LogP contribution in [-0.2, 0) is 0 Å². The van der Waals surface area contributed by atoms with Gasteiger partial charge in [0.25, 0.3) is 0 Å². The summed E-state index contributed by atoms with van der Waals surface area (Å²) in [7, 11) is 0. The second-order valence-electron chi connectivity index (χ2n) is 6.74. The van der Waals surface area contributed by atoms with Gasteiger partial charge < -0.3 is 5.32 Å². The average Bonchev–Trinajstić information content (AvgIpc) is 2.38. The Bertz CT molecular complexity index is 253. The standard InChI is InChI=1S/C16H32N2/c1-5-14-11-18(15(6-2)10-17-14)16-8-7-12(3)9-13(16)4/h12-17H,5-11H2,1-4H3. The Balaban J connectivity index is 2.02. The van der Waals surface area contributed by atoms with Gasteiger partial charge >= 0.3 is 0 Å². The monoisotopic (exact) mass is 252 g/mol. The molecular formula is C16H32N2. The van der Waals surface area contributed by atoms with Gasteiger partial charge in [0, 0.05) is 31.2 Å². The van der Waals surface area contributed by atoms with Crippen molar-refractivity contribution in [3.8, 4) is 0 Å². The Morgan fingerprint density at radius 3 is 2.50 bits per heavy atom. The number of rotatable bonds is 3. The van der Waals surface area contributed by atoms with Crippen molar-refractivity contribution in [3.63, 3.8) is 0 Å². The van der Waals surface area contributed by atoms with Crippen molar-refractivity contribution in [2.24, 2.45) is 11.8 Å². The van der Waals surface area contributed by atoms with Crippen molar-refractivity contribution in [1.29, 1.82) is 0 Å². The third-order valence-electron chi connectivity index (χ3n) is 5.32. The third-order valence-corrected chi connectivity index (χ3v) is 5.32. The highest BCUT2D eigenvalue weighted by atomic mass is 15.3. The molecule has 5 unspecified atom stereocenters. The van der Waals surface area contributed by atoms with Crippen LogP contribution in [0, 0.1) is 11.8 Å². The second-order valence-corrected chi connectivity index (χ2v) is 6.74. The molecule has 1 N–H and O–H groups in total. The Morgan fingerprint density at radius 2 is 1.89 bits per heavy atom. The van der Waals surface area contributed by atoms with Crippen molar-refractivity contribution in [2.45, 2.75) is 77.9 Å². The van der Waals surface area contributed by atoms with Crippen LogP contribution in [0.5, 0.6) is 0 Å². The molecule has 0 aromatic carbocycles. The maximum absolute atomic E-state index is 3.72. The van der Waals surface area contributed by atoms with Gasteiger partial charge in [-0.3, -0.25) is 4.90 Å². The maximum atomic E-state index is 3.72. The van der Waals surface area contributed by atoms with Crippen LogP contribution >= 0.6 is 0 Å². The van der Waals surface area contributed by atoms with Crippen molar-refractivity contribution in [1.82, 2.24) is 10.2 Å². The third kappa shape index (κ3) is 3.08. The Morgan fingerprint density at radius 1 is 1.11 bits per heavy atom. The van der Waals surface area contributed by atoms with E-state index in [9.17, 15) is 0 Å². The van der Waals surface area contributed by atoms with E-state index in [-0.39, 0.29) is 0 Å². The predicted octanol–water partition coefficient (Wildman–Crippen LogP) is 3.27.